The number of aromatic nitrogens is 3. The van der Waals surface area contributed by atoms with Crippen LogP contribution in [0.1, 0.15) is 62.5 Å². The number of ketones is 1. The molecule has 2 fully saturated rings. The average molecular weight is 573 g/mol. The Morgan fingerprint density at radius 3 is 2.41 bits per heavy atom. The highest BCUT2D eigenvalue weighted by Crippen LogP contribution is 2.49. The van der Waals surface area contributed by atoms with Crippen molar-refractivity contribution in [2.24, 2.45) is 5.92 Å². The molecule has 7 nitrogen and oxygen atoms in total. The van der Waals surface area contributed by atoms with E-state index in [9.17, 15) is 22.8 Å². The first-order valence-corrected chi connectivity index (χ1v) is 13.8. The van der Waals surface area contributed by atoms with Gasteiger partial charge in [0.2, 0.25) is 0 Å². The highest BCUT2D eigenvalue weighted by atomic mass is 19.4. The fraction of sp³-hybridized carbons (Fsp3) is 0.516. The summed E-state index contributed by atoms with van der Waals surface area (Å²) in [5.74, 6) is 2.68. The lowest BCUT2D eigenvalue weighted by Crippen LogP contribution is -2.48. The molecule has 5 rings (SSSR count). The number of benzene rings is 1. The smallest absolute Gasteiger partial charge is 0.365 e. The summed E-state index contributed by atoms with van der Waals surface area (Å²) < 4.78 is 41.6. The van der Waals surface area contributed by atoms with Gasteiger partial charge in [-0.2, -0.15) is 18.3 Å². The summed E-state index contributed by atoms with van der Waals surface area (Å²) in [7, 11) is 0. The minimum Gasteiger partial charge on any atom is -0.365 e. The van der Waals surface area contributed by atoms with Crippen molar-refractivity contribution in [1.82, 2.24) is 20.1 Å². The van der Waals surface area contributed by atoms with Crippen LogP contribution in [-0.4, -0.2) is 63.8 Å². The van der Waals surface area contributed by atoms with E-state index < -0.39 is 12.3 Å². The van der Waals surface area contributed by atoms with Gasteiger partial charge in [0.05, 0.1) is 30.0 Å². The summed E-state index contributed by atoms with van der Waals surface area (Å²) in [6.07, 6.45) is -3.75. The van der Waals surface area contributed by atoms with Crippen LogP contribution in [0.2, 0.25) is 0 Å². The molecule has 0 spiro atoms. The van der Waals surface area contributed by atoms with Crippen molar-refractivity contribution in [3.05, 3.63) is 64.6 Å². The molecule has 222 valence electrons. The molecule has 10 heteroatoms. The number of carbonyl (C=O) groups is 1. The van der Waals surface area contributed by atoms with Crippen LogP contribution in [0.25, 0.3) is 11.0 Å². The summed E-state index contributed by atoms with van der Waals surface area (Å²) in [5, 5.41) is 6.96. The standard InChI is InChI=1S/C14H18O.C9H12F3NO2.C8H9N3/c1-10-8-14(9-10,12(3)15)13-7-5-4-6-11(13)2;1-2-7(6-14)13-3-4-15-8(5-13)9(10,11)12;1-5-3-4-7-8(9-5)6(2)10-11-7/h4-7,10H,8-9H2,1-3H3;8H,2-5H2,1H3;3-4H,1-2H3,(H,10,11). The first kappa shape index (κ1) is 32.0. The van der Waals surface area contributed by atoms with E-state index in [1.807, 2.05) is 38.1 Å². The number of carbonyl (C=O) groups excluding carboxylic acids is 2. The Hall–Kier alpha value is -3.49. The van der Waals surface area contributed by atoms with Gasteiger partial charge in [0, 0.05) is 12.2 Å². The Balaban J connectivity index is 0.000000171. The maximum atomic E-state index is 12.3. The molecule has 2 aromatic heterocycles. The zero-order valence-corrected chi connectivity index (χ0v) is 24.6. The SMILES string of the molecule is CC(=O)C1(c2ccccc2C)CC(C)C1.CCC(=C=O)N1CCOC(C(F)(F)F)C1.Cc1ccc2n[nH]c(C)c2n1. The molecule has 3 aromatic rings. The van der Waals surface area contributed by atoms with E-state index >= 15 is 0 Å². The number of ether oxygens (including phenoxy) is 1. The van der Waals surface area contributed by atoms with Crippen LogP contribution in [-0.2, 0) is 19.7 Å². The fourth-order valence-electron chi connectivity index (χ4n) is 5.50. The highest BCUT2D eigenvalue weighted by Gasteiger charge is 2.47. The lowest BCUT2D eigenvalue weighted by atomic mass is 9.56. The molecule has 1 aliphatic carbocycles. The van der Waals surface area contributed by atoms with E-state index in [-0.39, 0.29) is 24.3 Å². The van der Waals surface area contributed by atoms with Crippen molar-refractivity contribution in [1.29, 1.82) is 0 Å². The van der Waals surface area contributed by atoms with E-state index in [0.717, 1.165) is 35.3 Å². The van der Waals surface area contributed by atoms with Crippen molar-refractivity contribution < 1.29 is 27.5 Å². The van der Waals surface area contributed by atoms with Gasteiger partial charge in [-0.1, -0.05) is 38.1 Å². The van der Waals surface area contributed by atoms with Crippen LogP contribution in [0.4, 0.5) is 13.2 Å². The van der Waals surface area contributed by atoms with Gasteiger partial charge in [-0.15, -0.1) is 0 Å². The van der Waals surface area contributed by atoms with Crippen LogP contribution < -0.4 is 0 Å². The van der Waals surface area contributed by atoms with Crippen LogP contribution in [0, 0.1) is 26.7 Å². The number of nitrogens with one attached hydrogen (secondary N) is 1. The molecule has 1 saturated carbocycles. The number of Topliss-reactive ketones (excluding diaryl/α,β-unsaturated/α-hetero) is 1. The van der Waals surface area contributed by atoms with E-state index in [1.165, 1.54) is 16.0 Å². The van der Waals surface area contributed by atoms with Crippen molar-refractivity contribution in [3.63, 3.8) is 0 Å². The largest absolute Gasteiger partial charge is 0.416 e. The summed E-state index contributed by atoms with van der Waals surface area (Å²) >= 11 is 0. The molecule has 2 aliphatic rings. The molecule has 41 heavy (non-hydrogen) atoms. The molecular formula is C31H39F3N4O3. The lowest BCUT2D eigenvalue weighted by Gasteiger charge is -2.45. The van der Waals surface area contributed by atoms with E-state index in [0.29, 0.717) is 24.7 Å². The third-order valence-electron chi connectivity index (χ3n) is 7.71. The van der Waals surface area contributed by atoms with Gasteiger partial charge in [0.1, 0.15) is 22.8 Å². The minimum atomic E-state index is -4.37. The number of aryl methyl sites for hydroxylation is 3. The average Bonchev–Trinajstić information content (AvgIpc) is 3.28. The lowest BCUT2D eigenvalue weighted by molar-refractivity contribution is -0.234. The van der Waals surface area contributed by atoms with Crippen LogP contribution >= 0.6 is 0 Å². The molecule has 1 saturated heterocycles. The molecule has 1 aliphatic heterocycles. The number of aromatic amines is 1. The van der Waals surface area contributed by atoms with E-state index in [1.54, 1.807) is 19.8 Å². The van der Waals surface area contributed by atoms with Crippen LogP contribution in [0.3, 0.4) is 0 Å². The maximum absolute atomic E-state index is 12.3. The van der Waals surface area contributed by atoms with Crippen molar-refractivity contribution in [3.8, 4) is 0 Å². The zero-order valence-electron chi connectivity index (χ0n) is 24.6. The third-order valence-corrected chi connectivity index (χ3v) is 7.71. The number of pyridine rings is 1. The Labute approximate surface area is 239 Å². The van der Waals surface area contributed by atoms with Gasteiger partial charge in [0.15, 0.2) is 6.10 Å². The van der Waals surface area contributed by atoms with Crippen molar-refractivity contribution >= 4 is 22.8 Å². The molecular weight excluding hydrogens is 533 g/mol. The number of H-pyrrole nitrogens is 1. The van der Waals surface area contributed by atoms with Gasteiger partial charge < -0.3 is 9.64 Å². The topological polar surface area (TPSA) is 88.2 Å². The second-order valence-electron chi connectivity index (χ2n) is 10.9. The summed E-state index contributed by atoms with van der Waals surface area (Å²) in [4.78, 5) is 28.0. The van der Waals surface area contributed by atoms with Crippen molar-refractivity contribution in [2.45, 2.75) is 78.5 Å². The molecule has 1 N–H and O–H groups in total. The van der Waals surface area contributed by atoms with Crippen LogP contribution in [0.15, 0.2) is 42.1 Å². The number of hydrogen-bond acceptors (Lipinski definition) is 6. The second-order valence-corrected chi connectivity index (χ2v) is 10.9. The quantitative estimate of drug-likeness (QED) is 0.375. The molecule has 0 bridgehead atoms. The van der Waals surface area contributed by atoms with Crippen LogP contribution in [0.5, 0.6) is 0 Å². The Bertz CT molecular complexity index is 1390. The zero-order chi connectivity index (χ0) is 30.4. The number of nitrogens with zero attached hydrogens (tertiary/aromatic N) is 3. The Morgan fingerprint density at radius 2 is 1.85 bits per heavy atom. The number of rotatable bonds is 4. The maximum Gasteiger partial charge on any atom is 0.416 e. The van der Waals surface area contributed by atoms with Crippen molar-refractivity contribution in [2.75, 3.05) is 19.7 Å². The second kappa shape index (κ2) is 13.4. The molecule has 0 radical (unpaired) electrons. The third kappa shape index (κ3) is 7.63. The highest BCUT2D eigenvalue weighted by molar-refractivity contribution is 5.89. The Morgan fingerprint density at radius 1 is 1.17 bits per heavy atom. The fourth-order valence-corrected chi connectivity index (χ4v) is 5.50. The van der Waals surface area contributed by atoms with Gasteiger partial charge in [-0.25, -0.2) is 9.78 Å². The number of morpholine rings is 1. The molecule has 1 aromatic carbocycles. The molecule has 1 unspecified atom stereocenters. The van der Waals surface area contributed by atoms with Gasteiger partial charge in [-0.3, -0.25) is 9.89 Å². The van der Waals surface area contributed by atoms with Gasteiger partial charge >= 0.3 is 6.18 Å². The monoisotopic (exact) mass is 572 g/mol. The molecule has 1 atom stereocenters. The number of halogens is 3. The molecule has 0 amide bonds. The predicted molar refractivity (Wildman–Crippen MR) is 152 cm³/mol. The number of fused-ring (bicyclic) bond motifs is 1. The predicted octanol–water partition coefficient (Wildman–Crippen LogP) is 6.20. The number of hydrogen-bond donors (Lipinski definition) is 1. The first-order chi connectivity index (χ1) is 19.3. The molecule has 3 heterocycles. The number of allylic oxidation sites excluding steroid dienone is 1. The number of alkyl halides is 3. The Kier molecular flexibility index (Phi) is 10.5. The van der Waals surface area contributed by atoms with E-state index in [2.05, 4.69) is 45.9 Å². The minimum absolute atomic E-state index is 0.0185. The summed E-state index contributed by atoms with van der Waals surface area (Å²) in [5.41, 5.74) is 6.58. The summed E-state index contributed by atoms with van der Waals surface area (Å²) in [6, 6.07) is 12.2. The normalized spacial score (nSPS) is 21.9. The first-order valence-electron chi connectivity index (χ1n) is 13.8. The van der Waals surface area contributed by atoms with Gasteiger partial charge in [-0.05, 0) is 76.1 Å². The summed E-state index contributed by atoms with van der Waals surface area (Å²) in [6.45, 7) is 11.7. The van der Waals surface area contributed by atoms with Gasteiger partial charge in [0.25, 0.3) is 0 Å². The van der Waals surface area contributed by atoms with E-state index in [4.69, 9.17) is 0 Å².